The van der Waals surface area contributed by atoms with Gasteiger partial charge in [0.25, 0.3) is 0 Å². The van der Waals surface area contributed by atoms with E-state index in [2.05, 4.69) is 45.9 Å². The molecule has 1 heterocycles. The second kappa shape index (κ2) is 9.34. The van der Waals surface area contributed by atoms with Crippen LogP contribution < -0.4 is 5.32 Å². The van der Waals surface area contributed by atoms with Gasteiger partial charge in [0.1, 0.15) is 0 Å². The molecule has 1 aromatic heterocycles. The lowest BCUT2D eigenvalue weighted by Crippen LogP contribution is -2.25. The summed E-state index contributed by atoms with van der Waals surface area (Å²) in [6.07, 6.45) is 1.02. The summed E-state index contributed by atoms with van der Waals surface area (Å²) < 4.78 is 0. The fourth-order valence-electron chi connectivity index (χ4n) is 1.52. The van der Waals surface area contributed by atoms with Gasteiger partial charge in [0, 0.05) is 18.8 Å². The third kappa shape index (κ3) is 6.40. The van der Waals surface area contributed by atoms with Crippen LogP contribution in [-0.4, -0.2) is 51.8 Å². The molecule has 0 radical (unpaired) electrons. The SMILES string of the molecule is CCCNc1nc(Cl)nc(SCCN(CC)CC)n1. The molecule has 1 aromatic rings. The van der Waals surface area contributed by atoms with Crippen molar-refractivity contribution in [2.24, 2.45) is 0 Å². The molecule has 0 aromatic carbocycles. The number of anilines is 1. The number of nitrogens with zero attached hydrogens (tertiary/aromatic N) is 4. The first-order chi connectivity index (χ1) is 9.19. The van der Waals surface area contributed by atoms with E-state index in [0.29, 0.717) is 11.1 Å². The number of halogens is 1. The van der Waals surface area contributed by atoms with Crippen molar-refractivity contribution in [3.8, 4) is 0 Å². The Labute approximate surface area is 124 Å². The zero-order valence-corrected chi connectivity index (χ0v) is 13.4. The van der Waals surface area contributed by atoms with Gasteiger partial charge in [-0.3, -0.25) is 0 Å². The molecule has 0 fully saturated rings. The van der Waals surface area contributed by atoms with Crippen LogP contribution in [0.5, 0.6) is 0 Å². The number of nitrogens with one attached hydrogen (secondary N) is 1. The van der Waals surface area contributed by atoms with Crippen LogP contribution in [0.15, 0.2) is 5.16 Å². The average molecular weight is 304 g/mol. The molecule has 0 atom stereocenters. The molecule has 0 aliphatic carbocycles. The van der Waals surface area contributed by atoms with Crippen molar-refractivity contribution < 1.29 is 0 Å². The summed E-state index contributed by atoms with van der Waals surface area (Å²) in [4.78, 5) is 14.9. The third-order valence-corrected chi connectivity index (χ3v) is 3.65. The van der Waals surface area contributed by atoms with Gasteiger partial charge in [0.2, 0.25) is 11.2 Å². The highest BCUT2D eigenvalue weighted by molar-refractivity contribution is 7.99. The molecule has 108 valence electrons. The molecule has 0 unspecified atom stereocenters. The monoisotopic (exact) mass is 303 g/mol. The topological polar surface area (TPSA) is 53.9 Å². The highest BCUT2D eigenvalue weighted by Gasteiger charge is 2.06. The molecule has 0 bridgehead atoms. The maximum Gasteiger partial charge on any atom is 0.228 e. The van der Waals surface area contributed by atoms with Crippen molar-refractivity contribution in [2.75, 3.05) is 37.2 Å². The lowest BCUT2D eigenvalue weighted by molar-refractivity contribution is 0.324. The zero-order valence-electron chi connectivity index (χ0n) is 11.8. The van der Waals surface area contributed by atoms with Gasteiger partial charge in [-0.15, -0.1) is 0 Å². The summed E-state index contributed by atoms with van der Waals surface area (Å²) in [5.74, 6) is 1.52. The Morgan fingerprint density at radius 1 is 1.16 bits per heavy atom. The normalized spacial score (nSPS) is 11.0. The second-order valence-electron chi connectivity index (χ2n) is 4.01. The number of thioether (sulfide) groups is 1. The molecule has 1 rings (SSSR count). The van der Waals surface area contributed by atoms with E-state index >= 15 is 0 Å². The van der Waals surface area contributed by atoms with Gasteiger partial charge in [-0.2, -0.15) is 15.0 Å². The van der Waals surface area contributed by atoms with Gasteiger partial charge in [0.15, 0.2) is 5.16 Å². The van der Waals surface area contributed by atoms with Crippen molar-refractivity contribution in [2.45, 2.75) is 32.3 Å². The zero-order chi connectivity index (χ0) is 14.1. The molecule has 0 amide bonds. The minimum Gasteiger partial charge on any atom is -0.354 e. The molecule has 0 saturated carbocycles. The van der Waals surface area contributed by atoms with Crippen LogP contribution in [0.2, 0.25) is 5.28 Å². The van der Waals surface area contributed by atoms with Crippen molar-refractivity contribution in [1.29, 1.82) is 0 Å². The summed E-state index contributed by atoms with van der Waals surface area (Å²) in [7, 11) is 0. The van der Waals surface area contributed by atoms with Gasteiger partial charge in [-0.05, 0) is 31.1 Å². The van der Waals surface area contributed by atoms with Crippen LogP contribution in [0.3, 0.4) is 0 Å². The maximum absolute atomic E-state index is 5.90. The number of aromatic nitrogens is 3. The lowest BCUT2D eigenvalue weighted by atomic mass is 10.5. The maximum atomic E-state index is 5.90. The van der Waals surface area contributed by atoms with Crippen LogP contribution in [0, 0.1) is 0 Å². The van der Waals surface area contributed by atoms with Gasteiger partial charge < -0.3 is 10.2 Å². The Kier molecular flexibility index (Phi) is 8.09. The Morgan fingerprint density at radius 2 is 1.89 bits per heavy atom. The number of hydrogen-bond acceptors (Lipinski definition) is 6. The van der Waals surface area contributed by atoms with Crippen molar-refractivity contribution in [1.82, 2.24) is 19.9 Å². The molecule has 0 saturated heterocycles. The fourth-order valence-corrected chi connectivity index (χ4v) is 2.56. The molecule has 0 spiro atoms. The van der Waals surface area contributed by atoms with E-state index in [4.69, 9.17) is 11.6 Å². The van der Waals surface area contributed by atoms with E-state index in [0.717, 1.165) is 38.4 Å². The van der Waals surface area contributed by atoms with Gasteiger partial charge in [-0.25, -0.2) is 0 Å². The average Bonchev–Trinajstić information content (AvgIpc) is 2.41. The number of hydrogen-bond donors (Lipinski definition) is 1. The minimum atomic E-state index is 0.249. The van der Waals surface area contributed by atoms with Crippen LogP contribution >= 0.6 is 23.4 Å². The first-order valence-electron chi connectivity index (χ1n) is 6.70. The minimum absolute atomic E-state index is 0.249. The van der Waals surface area contributed by atoms with Gasteiger partial charge in [0.05, 0.1) is 0 Å². The largest absolute Gasteiger partial charge is 0.354 e. The molecular formula is C12H22ClN5S. The molecular weight excluding hydrogens is 282 g/mol. The quantitative estimate of drug-likeness (QED) is 0.708. The highest BCUT2D eigenvalue weighted by Crippen LogP contribution is 2.16. The summed E-state index contributed by atoms with van der Waals surface area (Å²) in [6, 6.07) is 0. The predicted molar refractivity (Wildman–Crippen MR) is 82.1 cm³/mol. The first-order valence-corrected chi connectivity index (χ1v) is 8.06. The summed E-state index contributed by atoms with van der Waals surface area (Å²) >= 11 is 7.51. The smallest absolute Gasteiger partial charge is 0.228 e. The molecule has 5 nitrogen and oxygen atoms in total. The molecule has 19 heavy (non-hydrogen) atoms. The lowest BCUT2D eigenvalue weighted by Gasteiger charge is -2.16. The van der Waals surface area contributed by atoms with E-state index in [1.54, 1.807) is 11.8 Å². The molecule has 1 N–H and O–H groups in total. The highest BCUT2D eigenvalue weighted by atomic mass is 35.5. The Hall–Kier alpha value is -0.590. The summed E-state index contributed by atoms with van der Waals surface area (Å²) in [5, 5.41) is 4.06. The summed E-state index contributed by atoms with van der Waals surface area (Å²) in [6.45, 7) is 10.4. The first kappa shape index (κ1) is 16.5. The van der Waals surface area contributed by atoms with E-state index in [9.17, 15) is 0 Å². The van der Waals surface area contributed by atoms with Crippen LogP contribution in [0.1, 0.15) is 27.2 Å². The van der Waals surface area contributed by atoms with Crippen molar-refractivity contribution in [3.05, 3.63) is 5.28 Å². The number of rotatable bonds is 9. The van der Waals surface area contributed by atoms with Gasteiger partial charge in [-0.1, -0.05) is 32.5 Å². The van der Waals surface area contributed by atoms with E-state index in [1.165, 1.54) is 0 Å². The van der Waals surface area contributed by atoms with Crippen LogP contribution in [-0.2, 0) is 0 Å². The standard InChI is InChI=1S/C12H22ClN5S/c1-4-7-14-11-15-10(13)16-12(17-11)19-9-8-18(5-2)6-3/h4-9H2,1-3H3,(H,14,15,16,17). The van der Waals surface area contributed by atoms with E-state index in [1.807, 2.05) is 0 Å². The predicted octanol–water partition coefficient (Wildman–Crippen LogP) is 2.78. The molecule has 7 heteroatoms. The van der Waals surface area contributed by atoms with Gasteiger partial charge >= 0.3 is 0 Å². The Balaban J connectivity index is 2.50. The van der Waals surface area contributed by atoms with Crippen LogP contribution in [0.4, 0.5) is 5.95 Å². The van der Waals surface area contributed by atoms with Crippen molar-refractivity contribution in [3.63, 3.8) is 0 Å². The fraction of sp³-hybridized carbons (Fsp3) is 0.750. The Morgan fingerprint density at radius 3 is 2.53 bits per heavy atom. The Bertz CT molecular complexity index is 373. The molecule has 0 aliphatic rings. The van der Waals surface area contributed by atoms with Crippen LogP contribution in [0.25, 0.3) is 0 Å². The third-order valence-electron chi connectivity index (χ3n) is 2.65. The molecule has 0 aliphatic heterocycles. The second-order valence-corrected chi connectivity index (χ2v) is 5.41. The van der Waals surface area contributed by atoms with E-state index in [-0.39, 0.29) is 5.28 Å². The van der Waals surface area contributed by atoms with Crippen molar-refractivity contribution >= 4 is 29.3 Å². The van der Waals surface area contributed by atoms with E-state index < -0.39 is 0 Å². The summed E-state index contributed by atoms with van der Waals surface area (Å²) in [5.41, 5.74) is 0.